The van der Waals surface area contributed by atoms with Crippen LogP contribution in [-0.2, 0) is 9.47 Å². The van der Waals surface area contributed by atoms with E-state index in [-0.39, 0.29) is 5.41 Å². The molecule has 2 unspecified atom stereocenters. The minimum Gasteiger partial charge on any atom is -0.501 e. The molecule has 0 heterocycles. The van der Waals surface area contributed by atoms with E-state index in [0.717, 1.165) is 26.1 Å². The summed E-state index contributed by atoms with van der Waals surface area (Å²) in [5, 5.41) is 0. The molecule has 0 aromatic heterocycles. The van der Waals surface area contributed by atoms with Crippen LogP contribution in [0.1, 0.15) is 39.5 Å². The zero-order chi connectivity index (χ0) is 14.0. The average molecular weight is 264 g/mol. The van der Waals surface area contributed by atoms with Crippen molar-refractivity contribution in [2.75, 3.05) is 19.8 Å². The lowest BCUT2D eigenvalue weighted by atomic mass is 9.68. The van der Waals surface area contributed by atoms with Crippen molar-refractivity contribution in [2.24, 2.45) is 11.3 Å². The van der Waals surface area contributed by atoms with Gasteiger partial charge in [0.15, 0.2) is 0 Å². The van der Waals surface area contributed by atoms with Gasteiger partial charge in [-0.15, -0.1) is 6.58 Å². The monoisotopic (exact) mass is 264 g/mol. The molecule has 1 rings (SSSR count). The van der Waals surface area contributed by atoms with Crippen molar-refractivity contribution in [3.8, 4) is 0 Å². The average Bonchev–Trinajstić information content (AvgIpc) is 2.42. The maximum Gasteiger partial charge on any atom is 0.0957 e. The van der Waals surface area contributed by atoms with E-state index in [4.69, 9.17) is 9.47 Å². The van der Waals surface area contributed by atoms with Crippen molar-refractivity contribution in [3.63, 3.8) is 0 Å². The normalized spacial score (nSPS) is 26.7. The molecule has 0 aromatic rings. The minimum absolute atomic E-state index is 0.118. The molecule has 0 amide bonds. The lowest BCUT2D eigenvalue weighted by molar-refractivity contribution is -0.0323. The summed E-state index contributed by atoms with van der Waals surface area (Å²) in [6.07, 6.45) is 14.8. The van der Waals surface area contributed by atoms with Crippen LogP contribution in [0, 0.1) is 11.3 Å². The maximum absolute atomic E-state index is 5.78. The van der Waals surface area contributed by atoms with E-state index < -0.39 is 0 Å². The molecule has 0 radical (unpaired) electrons. The third-order valence-corrected chi connectivity index (χ3v) is 3.84. The third-order valence-electron chi connectivity index (χ3n) is 3.84. The highest BCUT2D eigenvalue weighted by molar-refractivity contribution is 5.03. The Labute approximate surface area is 118 Å². The van der Waals surface area contributed by atoms with Crippen LogP contribution in [0.4, 0.5) is 0 Å². The number of allylic oxidation sites excluding steroid dienone is 3. The fraction of sp³-hybridized carbons (Fsp3) is 0.647. The summed E-state index contributed by atoms with van der Waals surface area (Å²) >= 11 is 0. The van der Waals surface area contributed by atoms with Gasteiger partial charge in [0.1, 0.15) is 0 Å². The Morgan fingerprint density at radius 3 is 2.89 bits per heavy atom. The highest BCUT2D eigenvalue weighted by atomic mass is 16.5. The van der Waals surface area contributed by atoms with Gasteiger partial charge in [0.05, 0.1) is 26.1 Å². The Kier molecular flexibility index (Phi) is 7.57. The van der Waals surface area contributed by atoms with Crippen LogP contribution in [0.3, 0.4) is 0 Å². The van der Waals surface area contributed by atoms with Gasteiger partial charge in [0.2, 0.25) is 0 Å². The van der Waals surface area contributed by atoms with Crippen molar-refractivity contribution in [3.05, 3.63) is 37.1 Å². The number of ether oxygens (including phenoxy) is 2. The first-order valence-corrected chi connectivity index (χ1v) is 7.35. The topological polar surface area (TPSA) is 18.5 Å². The fourth-order valence-electron chi connectivity index (χ4n) is 2.82. The predicted octanol–water partition coefficient (Wildman–Crippen LogP) is 4.49. The van der Waals surface area contributed by atoms with E-state index in [2.05, 4.69) is 25.7 Å². The molecular formula is C17H28O2. The van der Waals surface area contributed by atoms with Gasteiger partial charge in [-0.3, -0.25) is 0 Å². The van der Waals surface area contributed by atoms with Crippen LogP contribution < -0.4 is 0 Å². The second-order valence-corrected chi connectivity index (χ2v) is 5.34. The van der Waals surface area contributed by atoms with Crippen molar-refractivity contribution in [1.29, 1.82) is 0 Å². The molecule has 0 aromatic carbocycles. The van der Waals surface area contributed by atoms with E-state index >= 15 is 0 Å². The van der Waals surface area contributed by atoms with E-state index in [1.54, 1.807) is 6.26 Å². The van der Waals surface area contributed by atoms with Crippen LogP contribution >= 0.6 is 0 Å². The summed E-state index contributed by atoms with van der Waals surface area (Å²) in [5.74, 6) is 0.651. The molecular weight excluding hydrogens is 236 g/mol. The third kappa shape index (κ3) is 4.87. The first-order chi connectivity index (χ1) is 9.29. The largest absolute Gasteiger partial charge is 0.501 e. The summed E-state index contributed by atoms with van der Waals surface area (Å²) in [6.45, 7) is 10.1. The van der Waals surface area contributed by atoms with Crippen molar-refractivity contribution < 1.29 is 9.47 Å². The van der Waals surface area contributed by atoms with Crippen molar-refractivity contribution in [1.82, 2.24) is 0 Å². The van der Waals surface area contributed by atoms with Gasteiger partial charge in [-0.25, -0.2) is 0 Å². The van der Waals surface area contributed by atoms with Crippen molar-refractivity contribution >= 4 is 0 Å². The summed E-state index contributed by atoms with van der Waals surface area (Å²) in [6, 6.07) is 0. The van der Waals surface area contributed by atoms with E-state index in [1.807, 2.05) is 19.1 Å². The highest BCUT2D eigenvalue weighted by Crippen LogP contribution is 2.41. The Hall–Kier alpha value is -1.02. The molecule has 0 fully saturated rings. The molecule has 0 N–H and O–H groups in total. The minimum atomic E-state index is 0.118. The van der Waals surface area contributed by atoms with Gasteiger partial charge in [0.25, 0.3) is 0 Å². The van der Waals surface area contributed by atoms with Crippen LogP contribution in [0.2, 0.25) is 0 Å². The lowest BCUT2D eigenvalue weighted by Gasteiger charge is -2.41. The van der Waals surface area contributed by atoms with Crippen LogP contribution in [-0.4, -0.2) is 19.8 Å². The quantitative estimate of drug-likeness (QED) is 0.347. The first kappa shape index (κ1) is 16.0. The second kappa shape index (κ2) is 8.98. The summed E-state index contributed by atoms with van der Waals surface area (Å²) < 4.78 is 11.5. The molecule has 1 aliphatic rings. The molecule has 1 aliphatic carbocycles. The highest BCUT2D eigenvalue weighted by Gasteiger charge is 2.39. The Morgan fingerprint density at radius 2 is 2.21 bits per heavy atom. The van der Waals surface area contributed by atoms with Gasteiger partial charge >= 0.3 is 0 Å². The van der Waals surface area contributed by atoms with Crippen LogP contribution in [0.5, 0.6) is 0 Å². The fourth-order valence-corrected chi connectivity index (χ4v) is 2.82. The molecule has 2 heteroatoms. The Morgan fingerprint density at radius 1 is 1.37 bits per heavy atom. The van der Waals surface area contributed by atoms with Gasteiger partial charge in [0, 0.05) is 5.41 Å². The summed E-state index contributed by atoms with van der Waals surface area (Å²) in [7, 11) is 0. The van der Waals surface area contributed by atoms with Gasteiger partial charge in [-0.2, -0.15) is 0 Å². The van der Waals surface area contributed by atoms with E-state index in [1.165, 1.54) is 12.8 Å². The first-order valence-electron chi connectivity index (χ1n) is 7.35. The van der Waals surface area contributed by atoms with Crippen LogP contribution in [0.15, 0.2) is 37.1 Å². The molecule has 2 atom stereocenters. The molecule has 108 valence electrons. The maximum atomic E-state index is 5.78. The van der Waals surface area contributed by atoms with Crippen LogP contribution in [0.25, 0.3) is 0 Å². The number of rotatable bonds is 9. The van der Waals surface area contributed by atoms with Gasteiger partial charge < -0.3 is 9.47 Å². The second-order valence-electron chi connectivity index (χ2n) is 5.34. The smallest absolute Gasteiger partial charge is 0.0957 e. The summed E-state index contributed by atoms with van der Waals surface area (Å²) in [5.41, 5.74) is 0.118. The molecule has 19 heavy (non-hydrogen) atoms. The zero-order valence-corrected chi connectivity index (χ0v) is 12.4. The molecule has 2 nitrogen and oxygen atoms in total. The number of hydrogen-bond acceptors (Lipinski definition) is 2. The van der Waals surface area contributed by atoms with Crippen molar-refractivity contribution in [2.45, 2.75) is 39.5 Å². The molecule has 0 aliphatic heterocycles. The molecule has 0 saturated carbocycles. The summed E-state index contributed by atoms with van der Waals surface area (Å²) in [4.78, 5) is 0. The van der Waals surface area contributed by atoms with E-state index in [9.17, 15) is 0 Å². The van der Waals surface area contributed by atoms with E-state index in [0.29, 0.717) is 12.5 Å². The standard InChI is InChI=1S/C17H28O2/c1-4-9-16-10-7-8-11-17(16,14-18-12-5-2)15-19-13-6-3/h5-8,13,16H,2,4,9-12,14-15H2,1,3H3. The van der Waals surface area contributed by atoms with Gasteiger partial charge in [-0.05, 0) is 32.1 Å². The Bertz CT molecular complexity index is 306. The number of hydrogen-bond donors (Lipinski definition) is 0. The Balaban J connectivity index is 2.73. The molecule has 0 bridgehead atoms. The molecule has 0 spiro atoms. The molecule has 0 saturated heterocycles. The van der Waals surface area contributed by atoms with Gasteiger partial charge in [-0.1, -0.05) is 37.6 Å². The zero-order valence-electron chi connectivity index (χ0n) is 12.4. The SMILES string of the molecule is C=CCOCC1(COC=CC)CC=CCC1CCC. The predicted molar refractivity (Wildman–Crippen MR) is 81.0 cm³/mol. The lowest BCUT2D eigenvalue weighted by Crippen LogP contribution is -2.40.